The highest BCUT2D eigenvalue weighted by Crippen LogP contribution is 2.42. The van der Waals surface area contributed by atoms with E-state index in [0.717, 1.165) is 19.3 Å². The first kappa shape index (κ1) is 16.9. The zero-order valence-corrected chi connectivity index (χ0v) is 12.9. The van der Waals surface area contributed by atoms with Gasteiger partial charge in [-0.1, -0.05) is 61.0 Å². The second-order valence-corrected chi connectivity index (χ2v) is 6.08. The summed E-state index contributed by atoms with van der Waals surface area (Å²) >= 11 is 12.2. The summed E-state index contributed by atoms with van der Waals surface area (Å²) in [6, 6.07) is 14.2. The number of nitrogens with one attached hydrogen (secondary N) is 1. The van der Waals surface area contributed by atoms with Gasteiger partial charge in [-0.3, -0.25) is 4.79 Å². The Hall–Kier alpha value is -1.51. The summed E-state index contributed by atoms with van der Waals surface area (Å²) in [6.45, 7) is 0. The number of carbonyl (C=O) groups excluding carboxylic acids is 1. The topological polar surface area (TPSA) is 29.1 Å². The van der Waals surface area contributed by atoms with Gasteiger partial charge < -0.3 is 5.32 Å². The highest BCUT2D eigenvalue weighted by Gasteiger charge is 2.27. The zero-order valence-electron chi connectivity index (χ0n) is 11.4. The molecule has 4 heteroatoms. The molecule has 0 saturated heterocycles. The van der Waals surface area contributed by atoms with E-state index >= 15 is 0 Å². The molecule has 116 valence electrons. The molecule has 1 aliphatic rings. The maximum atomic E-state index is 10.8. The van der Waals surface area contributed by atoms with Gasteiger partial charge in [-0.05, 0) is 41.7 Å². The number of rotatable bonds is 3. The number of benzene rings is 2. The third kappa shape index (κ3) is 3.13. The van der Waals surface area contributed by atoms with E-state index in [-0.39, 0.29) is 13.5 Å². The quantitative estimate of drug-likeness (QED) is 0.753. The molecular formula is C18H19Cl2NO. The standard InChI is InChI=1S/C17H15Cl2NO.CH4/c18-15-7-5-11(9-16(15)19)12-6-8-17(20-10-21)14-4-2-1-3-13(12)14;/h1-5,7,9-10,12,17H,6,8H2,(H,20,21);1H4/t12-,17+;/m1./s1. The van der Waals surface area contributed by atoms with Gasteiger partial charge in [-0.15, -0.1) is 0 Å². The highest BCUT2D eigenvalue weighted by atomic mass is 35.5. The van der Waals surface area contributed by atoms with E-state index in [1.54, 1.807) is 0 Å². The fraction of sp³-hybridized carbons (Fsp3) is 0.278. The number of fused-ring (bicyclic) bond motifs is 1. The summed E-state index contributed by atoms with van der Waals surface area (Å²) in [6.07, 6.45) is 2.67. The Labute approximate surface area is 141 Å². The first-order valence-corrected chi connectivity index (χ1v) is 7.69. The molecule has 3 rings (SSSR count). The van der Waals surface area contributed by atoms with Crippen molar-refractivity contribution in [1.29, 1.82) is 0 Å². The Morgan fingerprint density at radius 3 is 2.41 bits per heavy atom. The summed E-state index contributed by atoms with van der Waals surface area (Å²) in [5, 5.41) is 4.06. The molecule has 1 N–H and O–H groups in total. The van der Waals surface area contributed by atoms with Crippen molar-refractivity contribution < 1.29 is 4.79 Å². The number of halogens is 2. The lowest BCUT2D eigenvalue weighted by Crippen LogP contribution is -2.26. The molecule has 0 aromatic heterocycles. The van der Waals surface area contributed by atoms with Crippen LogP contribution in [-0.2, 0) is 4.79 Å². The highest BCUT2D eigenvalue weighted by molar-refractivity contribution is 6.42. The lowest BCUT2D eigenvalue weighted by Gasteiger charge is -2.31. The molecular weight excluding hydrogens is 317 g/mol. The number of hydrogen-bond acceptors (Lipinski definition) is 1. The normalized spacial score (nSPS) is 19.7. The number of carbonyl (C=O) groups is 1. The minimum Gasteiger partial charge on any atom is -0.352 e. The molecule has 0 bridgehead atoms. The summed E-state index contributed by atoms with van der Waals surface area (Å²) in [7, 11) is 0. The third-order valence-electron chi connectivity index (χ3n) is 4.11. The lowest BCUT2D eigenvalue weighted by atomic mass is 9.77. The average molecular weight is 336 g/mol. The van der Waals surface area contributed by atoms with Crippen LogP contribution in [0.4, 0.5) is 0 Å². The van der Waals surface area contributed by atoms with Gasteiger partial charge in [0.05, 0.1) is 16.1 Å². The summed E-state index contributed by atoms with van der Waals surface area (Å²) in [5.74, 6) is 0.292. The summed E-state index contributed by atoms with van der Waals surface area (Å²) in [4.78, 5) is 10.8. The van der Waals surface area contributed by atoms with Gasteiger partial charge in [0, 0.05) is 5.92 Å². The van der Waals surface area contributed by atoms with E-state index in [1.807, 2.05) is 30.3 Å². The molecule has 0 heterocycles. The van der Waals surface area contributed by atoms with Crippen molar-refractivity contribution in [3.05, 3.63) is 69.2 Å². The SMILES string of the molecule is C.O=CN[C@H]1CC[C@H](c2ccc(Cl)c(Cl)c2)c2ccccc21. The first-order valence-electron chi connectivity index (χ1n) is 6.94. The Morgan fingerprint density at radius 1 is 1.00 bits per heavy atom. The van der Waals surface area contributed by atoms with E-state index in [4.69, 9.17) is 23.2 Å². The molecule has 0 spiro atoms. The maximum absolute atomic E-state index is 10.8. The van der Waals surface area contributed by atoms with Crippen molar-refractivity contribution >= 4 is 29.6 Å². The van der Waals surface area contributed by atoms with E-state index < -0.39 is 0 Å². The second-order valence-electron chi connectivity index (χ2n) is 5.27. The third-order valence-corrected chi connectivity index (χ3v) is 4.85. The van der Waals surface area contributed by atoms with Gasteiger partial charge in [-0.2, -0.15) is 0 Å². The molecule has 2 aromatic carbocycles. The maximum Gasteiger partial charge on any atom is 0.207 e. The van der Waals surface area contributed by atoms with E-state index in [1.165, 1.54) is 16.7 Å². The smallest absolute Gasteiger partial charge is 0.207 e. The summed E-state index contributed by atoms with van der Waals surface area (Å²) < 4.78 is 0. The van der Waals surface area contributed by atoms with Gasteiger partial charge in [-0.25, -0.2) is 0 Å². The molecule has 0 saturated carbocycles. The summed E-state index contributed by atoms with van der Waals surface area (Å²) in [5.41, 5.74) is 3.61. The van der Waals surface area contributed by atoms with Crippen molar-refractivity contribution in [2.24, 2.45) is 0 Å². The largest absolute Gasteiger partial charge is 0.352 e. The molecule has 0 unspecified atom stereocenters. The Morgan fingerprint density at radius 2 is 1.73 bits per heavy atom. The van der Waals surface area contributed by atoms with Crippen molar-refractivity contribution in [1.82, 2.24) is 5.32 Å². The Balaban J connectivity index is 0.00000176. The van der Waals surface area contributed by atoms with Crippen LogP contribution in [0.25, 0.3) is 0 Å². The predicted octanol–water partition coefficient (Wildman–Crippen LogP) is 5.34. The fourth-order valence-electron chi connectivity index (χ4n) is 3.12. The van der Waals surface area contributed by atoms with Gasteiger partial charge >= 0.3 is 0 Å². The van der Waals surface area contributed by atoms with E-state index in [0.29, 0.717) is 16.0 Å². The average Bonchev–Trinajstić information content (AvgIpc) is 2.51. The van der Waals surface area contributed by atoms with Crippen LogP contribution in [0.2, 0.25) is 10.0 Å². The van der Waals surface area contributed by atoms with Crippen LogP contribution in [0, 0.1) is 0 Å². The Kier molecular flexibility index (Phi) is 5.49. The van der Waals surface area contributed by atoms with Crippen LogP contribution < -0.4 is 5.32 Å². The molecule has 0 radical (unpaired) electrons. The second kappa shape index (κ2) is 7.17. The van der Waals surface area contributed by atoms with Crippen molar-refractivity contribution in [2.45, 2.75) is 32.2 Å². The molecule has 1 aliphatic carbocycles. The zero-order chi connectivity index (χ0) is 14.8. The molecule has 0 fully saturated rings. The first-order chi connectivity index (χ1) is 10.2. The fourth-order valence-corrected chi connectivity index (χ4v) is 3.43. The molecule has 2 aromatic rings. The van der Waals surface area contributed by atoms with Gasteiger partial charge in [0.2, 0.25) is 6.41 Å². The Bertz CT molecular complexity index is 672. The number of hydrogen-bond donors (Lipinski definition) is 1. The molecule has 2 nitrogen and oxygen atoms in total. The monoisotopic (exact) mass is 335 g/mol. The molecule has 1 amide bonds. The number of amides is 1. The van der Waals surface area contributed by atoms with Crippen molar-refractivity contribution in [3.63, 3.8) is 0 Å². The van der Waals surface area contributed by atoms with Crippen LogP contribution in [0.1, 0.15) is 48.9 Å². The van der Waals surface area contributed by atoms with Crippen LogP contribution in [0.5, 0.6) is 0 Å². The molecule has 22 heavy (non-hydrogen) atoms. The molecule has 2 atom stereocenters. The van der Waals surface area contributed by atoms with Gasteiger partial charge in [0.1, 0.15) is 0 Å². The molecule has 0 aliphatic heterocycles. The van der Waals surface area contributed by atoms with Crippen LogP contribution in [-0.4, -0.2) is 6.41 Å². The van der Waals surface area contributed by atoms with Crippen molar-refractivity contribution in [3.8, 4) is 0 Å². The minimum absolute atomic E-state index is 0. The lowest BCUT2D eigenvalue weighted by molar-refractivity contribution is -0.110. The van der Waals surface area contributed by atoms with Crippen LogP contribution in [0.3, 0.4) is 0 Å². The van der Waals surface area contributed by atoms with E-state index in [9.17, 15) is 4.79 Å². The predicted molar refractivity (Wildman–Crippen MR) is 92.7 cm³/mol. The van der Waals surface area contributed by atoms with Crippen LogP contribution >= 0.6 is 23.2 Å². The van der Waals surface area contributed by atoms with Crippen molar-refractivity contribution in [2.75, 3.05) is 0 Å². The van der Waals surface area contributed by atoms with Crippen LogP contribution in [0.15, 0.2) is 42.5 Å². The van der Waals surface area contributed by atoms with Gasteiger partial charge in [0.25, 0.3) is 0 Å². The minimum atomic E-state index is 0. The van der Waals surface area contributed by atoms with E-state index in [2.05, 4.69) is 17.4 Å². The van der Waals surface area contributed by atoms with Gasteiger partial charge in [0.15, 0.2) is 0 Å².